The largest absolute Gasteiger partial charge is 0.383 e. The molecule has 0 saturated carbocycles. The van der Waals surface area contributed by atoms with Crippen LogP contribution < -0.4 is 0 Å². The van der Waals surface area contributed by atoms with E-state index in [4.69, 9.17) is 10.00 Å². The Labute approximate surface area is 68.6 Å². The number of methoxy groups -OCH3 is 1. The maximum absolute atomic E-state index is 8.66. The average Bonchev–Trinajstić information content (AvgIpc) is 2.03. The van der Waals surface area contributed by atoms with Crippen LogP contribution in [-0.4, -0.2) is 38.3 Å². The lowest BCUT2D eigenvalue weighted by atomic mass is 10.2. The lowest BCUT2D eigenvalue weighted by molar-refractivity contribution is 0.150. The van der Waals surface area contributed by atoms with Crippen molar-refractivity contribution in [1.82, 2.24) is 4.90 Å². The Morgan fingerprint density at radius 2 is 2.27 bits per heavy atom. The molecule has 11 heavy (non-hydrogen) atoms. The molecule has 0 N–H and O–H groups in total. The Kier molecular flexibility index (Phi) is 5.81. The van der Waals surface area contributed by atoms with E-state index in [0.717, 1.165) is 13.0 Å². The molecule has 0 aliphatic heterocycles. The highest BCUT2D eigenvalue weighted by molar-refractivity contribution is 4.89. The number of hydrogen-bond donors (Lipinski definition) is 0. The number of ether oxygens (including phenoxy) is 1. The molecule has 0 bridgehead atoms. The highest BCUT2D eigenvalue weighted by Crippen LogP contribution is 1.98. The molecule has 0 fully saturated rings. The number of hydrogen-bond acceptors (Lipinski definition) is 3. The Balaban J connectivity index is 3.62. The summed E-state index contributed by atoms with van der Waals surface area (Å²) in [6, 6.07) is 2.26. The summed E-state index contributed by atoms with van der Waals surface area (Å²) >= 11 is 0. The van der Waals surface area contributed by atoms with Crippen molar-refractivity contribution in [3.8, 4) is 6.07 Å². The van der Waals surface area contributed by atoms with Gasteiger partial charge >= 0.3 is 0 Å². The Morgan fingerprint density at radius 1 is 1.64 bits per heavy atom. The Hall–Kier alpha value is -0.590. The van der Waals surface area contributed by atoms with E-state index >= 15 is 0 Å². The lowest BCUT2D eigenvalue weighted by Crippen LogP contribution is -2.32. The zero-order valence-electron chi connectivity index (χ0n) is 7.50. The van der Waals surface area contributed by atoms with Gasteiger partial charge in [-0.15, -0.1) is 0 Å². The van der Waals surface area contributed by atoms with Gasteiger partial charge in [-0.1, -0.05) is 6.92 Å². The van der Waals surface area contributed by atoms with Crippen molar-refractivity contribution < 1.29 is 4.74 Å². The molecule has 3 heteroatoms. The third kappa shape index (κ3) is 3.97. The molecule has 0 rings (SSSR count). The van der Waals surface area contributed by atoms with Crippen LogP contribution in [0.25, 0.3) is 0 Å². The molecular formula is C8H16N2O. The number of rotatable bonds is 5. The van der Waals surface area contributed by atoms with Gasteiger partial charge < -0.3 is 4.74 Å². The SMILES string of the molecule is CCC(C#N)N(C)CCOC. The van der Waals surface area contributed by atoms with E-state index in [1.807, 2.05) is 18.9 Å². The van der Waals surface area contributed by atoms with Crippen molar-refractivity contribution in [1.29, 1.82) is 5.26 Å². The molecule has 3 nitrogen and oxygen atoms in total. The summed E-state index contributed by atoms with van der Waals surface area (Å²) in [6.07, 6.45) is 0.872. The Morgan fingerprint density at radius 3 is 2.64 bits per heavy atom. The molecule has 0 aromatic heterocycles. The maximum atomic E-state index is 8.66. The predicted molar refractivity (Wildman–Crippen MR) is 44.2 cm³/mol. The fourth-order valence-electron chi connectivity index (χ4n) is 0.893. The van der Waals surface area contributed by atoms with Gasteiger partial charge in [0.25, 0.3) is 0 Å². The van der Waals surface area contributed by atoms with Crippen LogP contribution in [0.3, 0.4) is 0 Å². The molecular weight excluding hydrogens is 140 g/mol. The van der Waals surface area contributed by atoms with Crippen LogP contribution >= 0.6 is 0 Å². The molecule has 1 unspecified atom stereocenters. The molecule has 64 valence electrons. The highest BCUT2D eigenvalue weighted by Gasteiger charge is 2.09. The molecule has 0 aromatic carbocycles. The first kappa shape index (κ1) is 10.4. The summed E-state index contributed by atoms with van der Waals surface area (Å²) in [5, 5.41) is 8.66. The van der Waals surface area contributed by atoms with Gasteiger partial charge in [-0.2, -0.15) is 5.26 Å². The molecule has 1 atom stereocenters. The third-order valence-electron chi connectivity index (χ3n) is 1.72. The van der Waals surface area contributed by atoms with Gasteiger partial charge in [-0.05, 0) is 13.5 Å². The van der Waals surface area contributed by atoms with Crippen molar-refractivity contribution in [2.45, 2.75) is 19.4 Å². The van der Waals surface area contributed by atoms with Gasteiger partial charge in [0.15, 0.2) is 0 Å². The zero-order chi connectivity index (χ0) is 8.69. The third-order valence-corrected chi connectivity index (χ3v) is 1.72. The molecule has 0 aliphatic rings. The van der Waals surface area contributed by atoms with Crippen LogP contribution in [0.1, 0.15) is 13.3 Å². The first-order chi connectivity index (χ1) is 5.26. The van der Waals surface area contributed by atoms with Crippen molar-refractivity contribution >= 4 is 0 Å². The van der Waals surface area contributed by atoms with Crippen LogP contribution in [0.5, 0.6) is 0 Å². The minimum atomic E-state index is 0.0325. The second-order valence-corrected chi connectivity index (χ2v) is 2.53. The monoisotopic (exact) mass is 156 g/mol. The van der Waals surface area contributed by atoms with E-state index in [1.54, 1.807) is 7.11 Å². The summed E-state index contributed by atoms with van der Waals surface area (Å²) in [6.45, 7) is 3.52. The van der Waals surface area contributed by atoms with Crippen LogP contribution in [-0.2, 0) is 4.74 Å². The van der Waals surface area contributed by atoms with Gasteiger partial charge in [0.05, 0.1) is 18.7 Å². The van der Waals surface area contributed by atoms with E-state index in [0.29, 0.717) is 6.61 Å². The minimum Gasteiger partial charge on any atom is -0.383 e. The smallest absolute Gasteiger partial charge is 0.0973 e. The molecule has 0 spiro atoms. The van der Waals surface area contributed by atoms with Crippen LogP contribution in [0.4, 0.5) is 0 Å². The van der Waals surface area contributed by atoms with E-state index in [-0.39, 0.29) is 6.04 Å². The van der Waals surface area contributed by atoms with E-state index < -0.39 is 0 Å². The second kappa shape index (κ2) is 6.14. The number of nitriles is 1. The van der Waals surface area contributed by atoms with Gasteiger partial charge in [0, 0.05) is 13.7 Å². The average molecular weight is 156 g/mol. The summed E-state index contributed by atoms with van der Waals surface area (Å²) < 4.78 is 4.90. The summed E-state index contributed by atoms with van der Waals surface area (Å²) in [4.78, 5) is 2.00. The van der Waals surface area contributed by atoms with Gasteiger partial charge in [-0.25, -0.2) is 0 Å². The van der Waals surface area contributed by atoms with Gasteiger partial charge in [-0.3, -0.25) is 4.90 Å². The van der Waals surface area contributed by atoms with Gasteiger partial charge in [0.1, 0.15) is 0 Å². The normalized spacial score (nSPS) is 13.0. The van der Waals surface area contributed by atoms with Crippen molar-refractivity contribution in [3.63, 3.8) is 0 Å². The zero-order valence-corrected chi connectivity index (χ0v) is 7.50. The minimum absolute atomic E-state index is 0.0325. The van der Waals surface area contributed by atoms with E-state index in [9.17, 15) is 0 Å². The molecule has 0 saturated heterocycles. The fraction of sp³-hybridized carbons (Fsp3) is 0.875. The van der Waals surface area contributed by atoms with E-state index in [1.165, 1.54) is 0 Å². The summed E-state index contributed by atoms with van der Waals surface area (Å²) in [7, 11) is 3.61. The fourth-order valence-corrected chi connectivity index (χ4v) is 0.893. The molecule has 0 amide bonds. The quantitative estimate of drug-likeness (QED) is 0.592. The van der Waals surface area contributed by atoms with Crippen LogP contribution in [0.15, 0.2) is 0 Å². The topological polar surface area (TPSA) is 36.3 Å². The first-order valence-corrected chi connectivity index (χ1v) is 3.85. The predicted octanol–water partition coefficient (Wildman–Crippen LogP) is 0.867. The number of nitrogens with zero attached hydrogens (tertiary/aromatic N) is 2. The van der Waals surface area contributed by atoms with Crippen molar-refractivity contribution in [3.05, 3.63) is 0 Å². The molecule has 0 heterocycles. The highest BCUT2D eigenvalue weighted by atomic mass is 16.5. The maximum Gasteiger partial charge on any atom is 0.0973 e. The molecule has 0 radical (unpaired) electrons. The first-order valence-electron chi connectivity index (χ1n) is 3.85. The Bertz CT molecular complexity index is 131. The standard InChI is InChI=1S/C8H16N2O/c1-4-8(7-9)10(2)5-6-11-3/h8H,4-6H2,1-3H3. The molecule has 0 aliphatic carbocycles. The summed E-state index contributed by atoms with van der Waals surface area (Å²) in [5.41, 5.74) is 0. The molecule has 0 aromatic rings. The van der Waals surface area contributed by atoms with Crippen LogP contribution in [0, 0.1) is 11.3 Å². The second-order valence-electron chi connectivity index (χ2n) is 2.53. The lowest BCUT2D eigenvalue weighted by Gasteiger charge is -2.20. The summed E-state index contributed by atoms with van der Waals surface area (Å²) in [5.74, 6) is 0. The van der Waals surface area contributed by atoms with Gasteiger partial charge in [0.2, 0.25) is 0 Å². The van der Waals surface area contributed by atoms with Crippen LogP contribution in [0.2, 0.25) is 0 Å². The number of likely N-dealkylation sites (N-methyl/N-ethyl adjacent to an activating group) is 1. The van der Waals surface area contributed by atoms with E-state index in [2.05, 4.69) is 6.07 Å². The van der Waals surface area contributed by atoms with Crippen molar-refractivity contribution in [2.75, 3.05) is 27.3 Å². The van der Waals surface area contributed by atoms with Crippen molar-refractivity contribution in [2.24, 2.45) is 0 Å².